The van der Waals surface area contributed by atoms with Crippen LogP contribution in [0.5, 0.6) is 0 Å². The maximum atomic E-state index is 11.6. The van der Waals surface area contributed by atoms with Gasteiger partial charge in [-0.2, -0.15) is 0 Å². The van der Waals surface area contributed by atoms with E-state index in [4.69, 9.17) is 9.47 Å². The van der Waals surface area contributed by atoms with Crippen molar-refractivity contribution in [2.45, 2.75) is 45.4 Å². The molecule has 31 heavy (non-hydrogen) atoms. The van der Waals surface area contributed by atoms with Crippen molar-refractivity contribution in [3.8, 4) is 0 Å². The molecule has 0 spiro atoms. The Morgan fingerprint density at radius 1 is 0.742 bits per heavy atom. The number of hydrogen-bond donors (Lipinski definition) is 2. The van der Waals surface area contributed by atoms with E-state index in [0.717, 1.165) is 6.08 Å². The van der Waals surface area contributed by atoms with Crippen LogP contribution in [0.3, 0.4) is 0 Å². The van der Waals surface area contributed by atoms with Crippen LogP contribution in [-0.4, -0.2) is 68.4 Å². The summed E-state index contributed by atoms with van der Waals surface area (Å²) >= 11 is 0. The molecule has 11 heteroatoms. The Bertz CT molecular complexity index is 647. The molecule has 0 saturated carbocycles. The summed E-state index contributed by atoms with van der Waals surface area (Å²) in [5.74, 6) is -2.89. The zero-order valence-corrected chi connectivity index (χ0v) is 17.7. The first-order chi connectivity index (χ1) is 14.7. The maximum absolute atomic E-state index is 11.6. The van der Waals surface area contributed by atoms with Crippen molar-refractivity contribution in [1.29, 1.82) is 0 Å². The van der Waals surface area contributed by atoms with E-state index in [0.29, 0.717) is 19.3 Å². The van der Waals surface area contributed by atoms with Gasteiger partial charge in [0, 0.05) is 25.6 Å². The Balaban J connectivity index is 3.60. The van der Waals surface area contributed by atoms with Gasteiger partial charge < -0.3 is 24.8 Å². The lowest BCUT2D eigenvalue weighted by atomic mass is 10.2. The van der Waals surface area contributed by atoms with Crippen molar-refractivity contribution in [1.82, 2.24) is 10.6 Å². The third-order valence-electron chi connectivity index (χ3n) is 3.53. The number of carbonyl (C=O) groups is 6. The SMILES string of the molecule is C=CC(=O)OCCOC(=O)CCCCCOC(=O)CC(=O)NCCNC(=O)CC(C)=O. The number of ether oxygens (including phenoxy) is 3. The molecule has 0 radical (unpaired) electrons. The second-order valence-corrected chi connectivity index (χ2v) is 6.38. The summed E-state index contributed by atoms with van der Waals surface area (Å²) < 4.78 is 14.5. The number of rotatable bonds is 17. The van der Waals surface area contributed by atoms with Crippen molar-refractivity contribution >= 4 is 35.5 Å². The van der Waals surface area contributed by atoms with Crippen LogP contribution in [0.1, 0.15) is 45.4 Å². The number of carbonyl (C=O) groups excluding carboxylic acids is 6. The normalized spacial score (nSPS) is 9.84. The van der Waals surface area contributed by atoms with E-state index in [1.165, 1.54) is 6.92 Å². The largest absolute Gasteiger partial charge is 0.465 e. The summed E-state index contributed by atoms with van der Waals surface area (Å²) in [7, 11) is 0. The quantitative estimate of drug-likeness (QED) is 0.104. The predicted molar refractivity (Wildman–Crippen MR) is 107 cm³/mol. The number of nitrogens with one attached hydrogen (secondary N) is 2. The third-order valence-corrected chi connectivity index (χ3v) is 3.53. The molecule has 0 bridgehead atoms. The molecule has 0 heterocycles. The average molecular weight is 442 g/mol. The summed E-state index contributed by atoms with van der Waals surface area (Å²) in [6, 6.07) is 0. The standard InChI is InChI=1S/C20H30N2O9/c1-3-18(26)30-11-12-31-19(27)7-5-4-6-10-29-20(28)14-17(25)22-9-8-21-16(24)13-15(2)23/h3H,1,4-14H2,2H3,(H,21,24)(H,22,25). The lowest BCUT2D eigenvalue weighted by Gasteiger charge is -2.07. The van der Waals surface area contributed by atoms with Crippen LogP contribution in [0.2, 0.25) is 0 Å². The van der Waals surface area contributed by atoms with Crippen LogP contribution >= 0.6 is 0 Å². The van der Waals surface area contributed by atoms with Gasteiger partial charge in [0.1, 0.15) is 25.4 Å². The first-order valence-corrected chi connectivity index (χ1v) is 9.87. The molecular formula is C20H30N2O9. The topological polar surface area (TPSA) is 154 Å². The monoisotopic (exact) mass is 442 g/mol. The number of ketones is 1. The van der Waals surface area contributed by atoms with Crippen LogP contribution < -0.4 is 10.6 Å². The van der Waals surface area contributed by atoms with Gasteiger partial charge in [0.2, 0.25) is 11.8 Å². The van der Waals surface area contributed by atoms with Gasteiger partial charge in [-0.3, -0.25) is 24.0 Å². The van der Waals surface area contributed by atoms with E-state index in [1.807, 2.05) is 0 Å². The van der Waals surface area contributed by atoms with Crippen LogP contribution in [0, 0.1) is 0 Å². The predicted octanol–water partition coefficient (Wildman–Crippen LogP) is -0.0360. The summed E-state index contributed by atoms with van der Waals surface area (Å²) in [6.45, 7) is 4.88. The molecule has 2 N–H and O–H groups in total. The molecule has 0 rings (SSSR count). The summed E-state index contributed by atoms with van der Waals surface area (Å²) in [6.07, 6.45) is 2.24. The van der Waals surface area contributed by atoms with Crippen molar-refractivity contribution in [3.05, 3.63) is 12.7 Å². The van der Waals surface area contributed by atoms with E-state index in [2.05, 4.69) is 21.9 Å². The Morgan fingerprint density at radius 2 is 1.32 bits per heavy atom. The molecule has 0 fully saturated rings. The fraction of sp³-hybridized carbons (Fsp3) is 0.600. The van der Waals surface area contributed by atoms with Gasteiger partial charge in [0.25, 0.3) is 0 Å². The molecule has 0 atom stereocenters. The molecule has 174 valence electrons. The Morgan fingerprint density at radius 3 is 1.94 bits per heavy atom. The van der Waals surface area contributed by atoms with Gasteiger partial charge in [-0.15, -0.1) is 0 Å². The molecule has 0 aliphatic rings. The van der Waals surface area contributed by atoms with Crippen molar-refractivity contribution < 1.29 is 43.0 Å². The van der Waals surface area contributed by atoms with Crippen molar-refractivity contribution in [2.24, 2.45) is 0 Å². The third kappa shape index (κ3) is 18.5. The number of esters is 3. The van der Waals surface area contributed by atoms with Gasteiger partial charge in [0.15, 0.2) is 0 Å². The molecule has 0 aromatic rings. The average Bonchev–Trinajstić information content (AvgIpc) is 2.70. The Kier molecular flexibility index (Phi) is 15.8. The molecule has 0 aromatic carbocycles. The van der Waals surface area contributed by atoms with Gasteiger partial charge in [-0.05, 0) is 26.2 Å². The van der Waals surface area contributed by atoms with E-state index < -0.39 is 36.1 Å². The van der Waals surface area contributed by atoms with Crippen LogP contribution in [0.25, 0.3) is 0 Å². The van der Waals surface area contributed by atoms with Gasteiger partial charge in [-0.1, -0.05) is 6.58 Å². The van der Waals surface area contributed by atoms with E-state index in [-0.39, 0.29) is 51.5 Å². The number of hydrogen-bond acceptors (Lipinski definition) is 9. The molecule has 2 amide bonds. The zero-order valence-electron chi connectivity index (χ0n) is 17.7. The first kappa shape index (κ1) is 27.8. The molecular weight excluding hydrogens is 412 g/mol. The summed E-state index contributed by atoms with van der Waals surface area (Å²) in [5, 5.41) is 4.91. The molecule has 11 nitrogen and oxygen atoms in total. The fourth-order valence-corrected chi connectivity index (χ4v) is 2.10. The fourth-order valence-electron chi connectivity index (χ4n) is 2.10. The van der Waals surface area contributed by atoms with E-state index >= 15 is 0 Å². The highest BCUT2D eigenvalue weighted by Gasteiger charge is 2.11. The minimum atomic E-state index is -0.674. The van der Waals surface area contributed by atoms with Crippen molar-refractivity contribution in [3.63, 3.8) is 0 Å². The number of unbranched alkanes of at least 4 members (excludes halogenated alkanes) is 2. The lowest BCUT2D eigenvalue weighted by molar-refractivity contribution is -0.150. The molecule has 0 aromatic heterocycles. The molecule has 0 saturated heterocycles. The highest BCUT2D eigenvalue weighted by molar-refractivity contribution is 5.97. The first-order valence-electron chi connectivity index (χ1n) is 9.87. The highest BCUT2D eigenvalue weighted by Crippen LogP contribution is 2.02. The smallest absolute Gasteiger partial charge is 0.330 e. The van der Waals surface area contributed by atoms with Gasteiger partial charge in [-0.25, -0.2) is 4.79 Å². The van der Waals surface area contributed by atoms with Gasteiger partial charge in [0.05, 0.1) is 13.0 Å². The summed E-state index contributed by atoms with van der Waals surface area (Å²) in [5.41, 5.74) is 0. The summed E-state index contributed by atoms with van der Waals surface area (Å²) in [4.78, 5) is 67.4. The molecule has 0 unspecified atom stereocenters. The minimum Gasteiger partial charge on any atom is -0.465 e. The number of amides is 2. The van der Waals surface area contributed by atoms with Crippen LogP contribution in [0.15, 0.2) is 12.7 Å². The highest BCUT2D eigenvalue weighted by atomic mass is 16.6. The minimum absolute atomic E-state index is 0.0249. The zero-order chi connectivity index (χ0) is 23.5. The van der Waals surface area contributed by atoms with E-state index in [1.54, 1.807) is 0 Å². The van der Waals surface area contributed by atoms with Crippen LogP contribution in [0.4, 0.5) is 0 Å². The molecule has 0 aliphatic carbocycles. The van der Waals surface area contributed by atoms with E-state index in [9.17, 15) is 28.8 Å². The maximum Gasteiger partial charge on any atom is 0.330 e. The second-order valence-electron chi connectivity index (χ2n) is 6.38. The van der Waals surface area contributed by atoms with Crippen LogP contribution in [-0.2, 0) is 43.0 Å². The molecule has 0 aliphatic heterocycles. The van der Waals surface area contributed by atoms with Crippen molar-refractivity contribution in [2.75, 3.05) is 32.9 Å². The second kappa shape index (κ2) is 17.6. The Labute approximate surface area is 180 Å². The lowest BCUT2D eigenvalue weighted by Crippen LogP contribution is -2.36. The van der Waals surface area contributed by atoms with Gasteiger partial charge >= 0.3 is 17.9 Å². The Hall–Kier alpha value is -3.24. The number of Topliss-reactive ketones (excluding diaryl/α,β-unsaturated/α-hetero) is 1.